The van der Waals surface area contributed by atoms with Crippen LogP contribution < -0.4 is 5.73 Å². The Bertz CT molecular complexity index is 416. The molecule has 126 valence electrons. The van der Waals surface area contributed by atoms with Crippen LogP contribution >= 0.6 is 0 Å². The zero-order valence-corrected chi connectivity index (χ0v) is 14.3. The van der Waals surface area contributed by atoms with Crippen molar-refractivity contribution in [1.29, 1.82) is 0 Å². The van der Waals surface area contributed by atoms with Gasteiger partial charge in [-0.2, -0.15) is 0 Å². The lowest BCUT2D eigenvalue weighted by Gasteiger charge is -2.43. The number of hydrogen-bond acceptors (Lipinski definition) is 3. The number of hydrogen-bond donors (Lipinski definition) is 2. The summed E-state index contributed by atoms with van der Waals surface area (Å²) in [5.41, 5.74) is 7.99. The van der Waals surface area contributed by atoms with E-state index in [1.807, 2.05) is 0 Å². The zero-order chi connectivity index (χ0) is 15.9. The summed E-state index contributed by atoms with van der Waals surface area (Å²) in [5, 5.41) is 9.37. The van der Waals surface area contributed by atoms with Crippen molar-refractivity contribution in [3.8, 4) is 0 Å². The number of aliphatic hydroxyl groups is 1. The predicted molar refractivity (Wildman–Crippen MR) is 89.4 cm³/mol. The summed E-state index contributed by atoms with van der Waals surface area (Å²) in [6.45, 7) is 8.88. The van der Waals surface area contributed by atoms with E-state index in [1.54, 1.807) is 0 Å². The highest BCUT2D eigenvalue weighted by Gasteiger charge is 2.56. The van der Waals surface area contributed by atoms with Gasteiger partial charge in [-0.05, 0) is 56.8 Å². The van der Waals surface area contributed by atoms with Crippen molar-refractivity contribution in [3.05, 3.63) is 12.2 Å². The Morgan fingerprint density at radius 2 is 2.05 bits per heavy atom. The molecule has 1 heterocycles. The number of nitrogens with two attached hydrogens (primary N) is 1. The topological polar surface area (TPSA) is 55.5 Å². The predicted octanol–water partition coefficient (Wildman–Crippen LogP) is 3.26. The molecule has 3 aliphatic rings. The van der Waals surface area contributed by atoms with E-state index in [1.165, 1.54) is 44.1 Å². The quantitative estimate of drug-likeness (QED) is 0.784. The van der Waals surface area contributed by atoms with Crippen LogP contribution in [0.15, 0.2) is 12.2 Å². The second-order valence-electron chi connectivity index (χ2n) is 8.19. The highest BCUT2D eigenvalue weighted by atomic mass is 16.5. The van der Waals surface area contributed by atoms with Gasteiger partial charge in [0.1, 0.15) is 0 Å². The van der Waals surface area contributed by atoms with Crippen LogP contribution in [-0.2, 0) is 4.74 Å². The molecule has 3 heteroatoms. The van der Waals surface area contributed by atoms with Crippen molar-refractivity contribution in [2.24, 2.45) is 29.4 Å². The Balaban J connectivity index is 1.84. The first-order chi connectivity index (χ1) is 10.5. The third-order valence-corrected chi connectivity index (χ3v) is 6.77. The fourth-order valence-electron chi connectivity index (χ4n) is 5.75. The Kier molecular flexibility index (Phi) is 4.69. The van der Waals surface area contributed by atoms with Gasteiger partial charge in [-0.15, -0.1) is 0 Å². The summed E-state index contributed by atoms with van der Waals surface area (Å²) < 4.78 is 6.68. The number of aliphatic hydroxyl groups excluding tert-OH is 1. The maximum atomic E-state index is 9.37. The van der Waals surface area contributed by atoms with Crippen LogP contribution in [0.2, 0.25) is 0 Å². The fourth-order valence-corrected chi connectivity index (χ4v) is 5.75. The van der Waals surface area contributed by atoms with Gasteiger partial charge in [0.05, 0.1) is 11.7 Å². The minimum absolute atomic E-state index is 0.0754. The van der Waals surface area contributed by atoms with Gasteiger partial charge in [0.15, 0.2) is 0 Å². The van der Waals surface area contributed by atoms with Crippen LogP contribution in [0.4, 0.5) is 0 Å². The van der Waals surface area contributed by atoms with E-state index in [0.29, 0.717) is 23.7 Å². The van der Waals surface area contributed by atoms with Gasteiger partial charge in [-0.3, -0.25) is 0 Å². The Morgan fingerprint density at radius 1 is 1.36 bits per heavy atom. The van der Waals surface area contributed by atoms with Crippen molar-refractivity contribution in [1.82, 2.24) is 0 Å². The van der Waals surface area contributed by atoms with Crippen molar-refractivity contribution >= 4 is 0 Å². The van der Waals surface area contributed by atoms with Crippen LogP contribution in [0, 0.1) is 23.7 Å². The second-order valence-corrected chi connectivity index (χ2v) is 8.19. The molecular formula is C19H33NO2. The monoisotopic (exact) mass is 307 g/mol. The van der Waals surface area contributed by atoms with E-state index in [2.05, 4.69) is 20.4 Å². The molecule has 22 heavy (non-hydrogen) atoms. The molecule has 1 saturated heterocycles. The molecule has 3 N–H and O–H groups in total. The molecule has 0 aromatic heterocycles. The van der Waals surface area contributed by atoms with Gasteiger partial charge >= 0.3 is 0 Å². The molecule has 3 fully saturated rings. The lowest BCUT2D eigenvalue weighted by molar-refractivity contribution is -0.151. The highest BCUT2D eigenvalue weighted by Crippen LogP contribution is 2.54. The summed E-state index contributed by atoms with van der Waals surface area (Å²) in [5.74, 6) is 1.88. The summed E-state index contributed by atoms with van der Waals surface area (Å²) in [4.78, 5) is 0. The molecule has 0 aromatic carbocycles. The molecule has 1 aliphatic heterocycles. The molecule has 0 radical (unpaired) electrons. The Labute approximate surface area is 135 Å². The summed E-state index contributed by atoms with van der Waals surface area (Å²) in [7, 11) is 0. The average molecular weight is 307 g/mol. The SMILES string of the molecule is C=C(C)C1C(N)C2OC3(CCCC3)CCC2C1C(C)CCO. The van der Waals surface area contributed by atoms with Crippen LogP contribution in [0.25, 0.3) is 0 Å². The van der Waals surface area contributed by atoms with Gasteiger partial charge < -0.3 is 15.6 Å². The lowest BCUT2D eigenvalue weighted by atomic mass is 9.72. The molecule has 2 saturated carbocycles. The summed E-state index contributed by atoms with van der Waals surface area (Å²) in [6.07, 6.45) is 8.54. The van der Waals surface area contributed by atoms with E-state index in [-0.39, 0.29) is 24.4 Å². The molecule has 3 rings (SSSR count). The third kappa shape index (κ3) is 2.65. The van der Waals surface area contributed by atoms with Crippen molar-refractivity contribution in [3.63, 3.8) is 0 Å². The molecular weight excluding hydrogens is 274 g/mol. The average Bonchev–Trinajstić information content (AvgIpc) is 3.03. The minimum atomic E-state index is 0.0754. The van der Waals surface area contributed by atoms with Crippen molar-refractivity contribution < 1.29 is 9.84 Å². The molecule has 0 bridgehead atoms. The molecule has 0 amide bonds. The van der Waals surface area contributed by atoms with Gasteiger partial charge in [0, 0.05) is 18.6 Å². The maximum Gasteiger partial charge on any atom is 0.0770 e. The first-order valence-electron chi connectivity index (χ1n) is 9.19. The summed E-state index contributed by atoms with van der Waals surface area (Å²) >= 11 is 0. The molecule has 0 aromatic rings. The smallest absolute Gasteiger partial charge is 0.0770 e. The standard InChI is InChI=1S/C19H33NO2/c1-12(2)15-16(13(3)7-11-21)14-6-10-19(8-4-5-9-19)22-18(14)17(15)20/h13-18,21H,1,4-11,20H2,2-3H3. The van der Waals surface area contributed by atoms with E-state index in [4.69, 9.17) is 10.5 Å². The van der Waals surface area contributed by atoms with Crippen LogP contribution in [-0.4, -0.2) is 29.5 Å². The fraction of sp³-hybridized carbons (Fsp3) is 0.895. The van der Waals surface area contributed by atoms with Crippen LogP contribution in [0.3, 0.4) is 0 Å². The van der Waals surface area contributed by atoms with Gasteiger partial charge in [-0.1, -0.05) is 31.9 Å². The van der Waals surface area contributed by atoms with Gasteiger partial charge in [0.2, 0.25) is 0 Å². The molecule has 2 aliphatic carbocycles. The van der Waals surface area contributed by atoms with Crippen molar-refractivity contribution in [2.45, 2.75) is 76.5 Å². The lowest BCUT2D eigenvalue weighted by Crippen LogP contribution is -2.48. The Morgan fingerprint density at radius 3 is 2.64 bits per heavy atom. The van der Waals surface area contributed by atoms with E-state index >= 15 is 0 Å². The van der Waals surface area contributed by atoms with E-state index in [9.17, 15) is 5.11 Å². The molecule has 3 nitrogen and oxygen atoms in total. The largest absolute Gasteiger partial charge is 0.396 e. The molecule has 1 spiro atoms. The third-order valence-electron chi connectivity index (χ3n) is 6.77. The maximum absolute atomic E-state index is 9.37. The van der Waals surface area contributed by atoms with E-state index in [0.717, 1.165) is 6.42 Å². The van der Waals surface area contributed by atoms with Gasteiger partial charge in [-0.25, -0.2) is 0 Å². The highest BCUT2D eigenvalue weighted by molar-refractivity contribution is 5.16. The number of ether oxygens (including phenoxy) is 1. The number of fused-ring (bicyclic) bond motifs is 1. The second kappa shape index (κ2) is 6.26. The molecule has 6 unspecified atom stereocenters. The first kappa shape index (κ1) is 16.5. The van der Waals surface area contributed by atoms with E-state index < -0.39 is 0 Å². The van der Waals surface area contributed by atoms with Crippen LogP contribution in [0.1, 0.15) is 58.8 Å². The normalized spacial score (nSPS) is 41.5. The van der Waals surface area contributed by atoms with Crippen LogP contribution in [0.5, 0.6) is 0 Å². The minimum Gasteiger partial charge on any atom is -0.396 e. The summed E-state index contributed by atoms with van der Waals surface area (Å²) in [6, 6.07) is 0.0754. The Hall–Kier alpha value is -0.380. The van der Waals surface area contributed by atoms with Gasteiger partial charge in [0.25, 0.3) is 0 Å². The zero-order valence-electron chi connectivity index (χ0n) is 14.3. The molecule has 6 atom stereocenters. The number of rotatable bonds is 4. The first-order valence-corrected chi connectivity index (χ1v) is 9.19. The van der Waals surface area contributed by atoms with Crippen molar-refractivity contribution in [2.75, 3.05) is 6.61 Å².